The number of epoxide rings is 1. The fourth-order valence-corrected chi connectivity index (χ4v) is 2.11. The van der Waals surface area contributed by atoms with E-state index in [0.29, 0.717) is 0 Å². The normalized spacial score (nSPS) is 28.5. The van der Waals surface area contributed by atoms with Gasteiger partial charge in [0.1, 0.15) is 0 Å². The molecule has 0 radical (unpaired) electrons. The Balaban J connectivity index is 3.93. The van der Waals surface area contributed by atoms with Crippen LogP contribution in [0.3, 0.4) is 0 Å². The zero-order valence-electron chi connectivity index (χ0n) is 11.7. The summed E-state index contributed by atoms with van der Waals surface area (Å²) < 4.78 is 230. The van der Waals surface area contributed by atoms with Crippen molar-refractivity contribution >= 4 is 0 Å². The lowest BCUT2D eigenvalue weighted by molar-refractivity contribution is -0.400. The summed E-state index contributed by atoms with van der Waals surface area (Å²) in [6, 6.07) is 0. The van der Waals surface area contributed by atoms with E-state index in [1.54, 1.807) is 0 Å². The van der Waals surface area contributed by atoms with Crippen LogP contribution >= 0.6 is 0 Å². The van der Waals surface area contributed by atoms with Crippen LogP contribution in [0.4, 0.5) is 79.0 Å². The molecule has 1 rings (SSSR count). The summed E-state index contributed by atoms with van der Waals surface area (Å²) in [6.07, 6.45) is -31.4. The van der Waals surface area contributed by atoms with Crippen molar-refractivity contribution in [2.24, 2.45) is 0 Å². The van der Waals surface area contributed by atoms with E-state index in [0.717, 1.165) is 0 Å². The summed E-state index contributed by atoms with van der Waals surface area (Å²) in [4.78, 5) is 0. The Bertz CT molecular complexity index is 605. The third-order valence-corrected chi connectivity index (χ3v) is 3.52. The lowest BCUT2D eigenvalue weighted by Crippen LogP contribution is -2.71. The third-order valence-electron chi connectivity index (χ3n) is 3.52. The van der Waals surface area contributed by atoms with Crippen molar-refractivity contribution < 1.29 is 83.8 Å². The lowest BCUT2D eigenvalue weighted by atomic mass is 9.81. The quantitative estimate of drug-likeness (QED) is 0.387. The van der Waals surface area contributed by atoms with E-state index in [9.17, 15) is 79.0 Å². The van der Waals surface area contributed by atoms with Crippen LogP contribution in [0.1, 0.15) is 0 Å². The van der Waals surface area contributed by atoms with Crippen molar-refractivity contribution in [3.63, 3.8) is 0 Å². The first kappa shape index (κ1) is 24.7. The van der Waals surface area contributed by atoms with Gasteiger partial charge in [0.15, 0.2) is 0 Å². The molecule has 1 aliphatic heterocycles. The molecule has 1 heterocycles. The smallest absolute Gasteiger partial charge is 0.312 e. The fourth-order valence-electron chi connectivity index (χ4n) is 2.11. The molecule has 0 aromatic heterocycles. The molecule has 0 aromatic carbocycles. The lowest BCUT2D eigenvalue weighted by Gasteiger charge is -2.37. The number of hydrogen-bond donors (Lipinski definition) is 0. The topological polar surface area (TPSA) is 12.5 Å². The second kappa shape index (κ2) is 5.44. The Hall–Kier alpha value is -1.30. The Morgan fingerprint density at radius 1 is 0.500 bits per heavy atom. The van der Waals surface area contributed by atoms with Gasteiger partial charge in [0.05, 0.1) is 0 Å². The van der Waals surface area contributed by atoms with E-state index in [1.807, 2.05) is 4.74 Å². The van der Waals surface area contributed by atoms with Crippen LogP contribution in [0.25, 0.3) is 0 Å². The van der Waals surface area contributed by atoms with Crippen LogP contribution in [-0.4, -0.2) is 53.7 Å². The summed E-state index contributed by atoms with van der Waals surface area (Å²) in [5, 5.41) is 0. The second-order valence-corrected chi connectivity index (χ2v) is 5.18. The molecule has 19 heteroatoms. The van der Waals surface area contributed by atoms with Crippen LogP contribution < -0.4 is 0 Å². The largest absolute Gasteiger partial charge is 0.460 e. The highest BCUT2D eigenvalue weighted by molar-refractivity contribution is 5.33. The molecule has 2 atom stereocenters. The van der Waals surface area contributed by atoms with Gasteiger partial charge in [0, 0.05) is 0 Å². The van der Waals surface area contributed by atoms with Crippen LogP contribution in [0.2, 0.25) is 0 Å². The molecule has 168 valence electrons. The molecule has 2 unspecified atom stereocenters. The van der Waals surface area contributed by atoms with Gasteiger partial charge in [-0.05, 0) is 0 Å². The van der Waals surface area contributed by atoms with Gasteiger partial charge in [-0.1, -0.05) is 0 Å². The molecule has 0 spiro atoms. The monoisotopic (exact) mass is 466 g/mol. The van der Waals surface area contributed by atoms with Crippen LogP contribution in [-0.2, 0) is 4.74 Å². The molecule has 0 aromatic rings. The highest BCUT2D eigenvalue weighted by Gasteiger charge is 3.10. The SMILES string of the molecule is FC(F)(F)C(F)(F)C(F)(F)C1(C(F)(F)F)OC1(F)C(F)(C(F)(F)F)C(F)(F)F. The molecule has 1 saturated heterocycles. The first-order valence-electron chi connectivity index (χ1n) is 5.81. The molecule has 0 aliphatic carbocycles. The zero-order valence-corrected chi connectivity index (χ0v) is 11.7. The maximum Gasteiger partial charge on any atom is 0.460 e. The average Bonchev–Trinajstić information content (AvgIpc) is 3.03. The minimum atomic E-state index is -8.22. The van der Waals surface area contributed by atoms with Crippen LogP contribution in [0.15, 0.2) is 0 Å². The van der Waals surface area contributed by atoms with Crippen molar-refractivity contribution in [1.29, 1.82) is 0 Å². The highest BCUT2D eigenvalue weighted by atomic mass is 19.4. The van der Waals surface area contributed by atoms with Gasteiger partial charge in [-0.2, -0.15) is 70.2 Å². The van der Waals surface area contributed by atoms with Crippen molar-refractivity contribution in [1.82, 2.24) is 0 Å². The van der Waals surface area contributed by atoms with Crippen LogP contribution in [0.5, 0.6) is 0 Å². The second-order valence-electron chi connectivity index (χ2n) is 5.18. The fraction of sp³-hybridized carbons (Fsp3) is 1.00. The average molecular weight is 466 g/mol. The molecule has 0 amide bonds. The van der Waals surface area contributed by atoms with Crippen LogP contribution in [0, 0.1) is 0 Å². The molecule has 1 aliphatic rings. The van der Waals surface area contributed by atoms with Crippen molar-refractivity contribution in [2.75, 3.05) is 0 Å². The Kier molecular flexibility index (Phi) is 4.80. The standard InChI is InChI=1S/C9F18O/c10-1(6(16,17)18,7(19,20)21)5(15)2(28-5,8(22,23)24)3(11,12)4(13,14)9(25,26)27. The van der Waals surface area contributed by atoms with E-state index in [-0.39, 0.29) is 0 Å². The maximum atomic E-state index is 13.8. The number of hydrogen-bond acceptors (Lipinski definition) is 1. The van der Waals surface area contributed by atoms with E-state index >= 15 is 0 Å². The first-order valence-corrected chi connectivity index (χ1v) is 5.81. The Morgan fingerprint density at radius 2 is 0.821 bits per heavy atom. The van der Waals surface area contributed by atoms with Gasteiger partial charge >= 0.3 is 48.1 Å². The molecule has 1 fully saturated rings. The van der Waals surface area contributed by atoms with Gasteiger partial charge in [0.25, 0.3) is 5.60 Å². The minimum absolute atomic E-state index is 1.88. The summed E-state index contributed by atoms with van der Waals surface area (Å²) in [6.45, 7) is 0. The van der Waals surface area contributed by atoms with E-state index in [1.165, 1.54) is 0 Å². The van der Waals surface area contributed by atoms with Gasteiger partial charge in [-0.15, -0.1) is 0 Å². The van der Waals surface area contributed by atoms with Crippen molar-refractivity contribution in [3.8, 4) is 0 Å². The molecular weight excluding hydrogens is 466 g/mol. The molecule has 28 heavy (non-hydrogen) atoms. The third kappa shape index (κ3) is 2.49. The predicted octanol–water partition coefficient (Wildman–Crippen LogP) is 5.65. The molecule has 0 bridgehead atoms. The summed E-state index contributed by atoms with van der Waals surface area (Å²) >= 11 is 0. The summed E-state index contributed by atoms with van der Waals surface area (Å²) in [7, 11) is 0. The van der Waals surface area contributed by atoms with Crippen molar-refractivity contribution in [3.05, 3.63) is 0 Å². The Labute approximate surface area is 139 Å². The highest BCUT2D eigenvalue weighted by Crippen LogP contribution is 2.76. The number of alkyl halides is 18. The molecule has 1 nitrogen and oxygen atoms in total. The number of ether oxygens (including phenoxy) is 1. The van der Waals surface area contributed by atoms with E-state index < -0.39 is 53.7 Å². The van der Waals surface area contributed by atoms with Gasteiger partial charge < -0.3 is 4.74 Å². The summed E-state index contributed by atoms with van der Waals surface area (Å²) in [5.41, 5.74) is -15.6. The Morgan fingerprint density at radius 3 is 1.04 bits per heavy atom. The van der Waals surface area contributed by atoms with Gasteiger partial charge in [0.2, 0.25) is 0 Å². The van der Waals surface area contributed by atoms with Crippen molar-refractivity contribution in [2.45, 2.75) is 53.7 Å². The van der Waals surface area contributed by atoms with E-state index in [4.69, 9.17) is 0 Å². The number of rotatable bonds is 3. The minimum Gasteiger partial charge on any atom is -0.312 e. The zero-order chi connectivity index (χ0) is 23.2. The summed E-state index contributed by atoms with van der Waals surface area (Å²) in [5.74, 6) is -23.8. The maximum absolute atomic E-state index is 13.8. The molecular formula is C9F18O. The predicted molar refractivity (Wildman–Crippen MR) is 45.6 cm³/mol. The van der Waals surface area contributed by atoms with Gasteiger partial charge in [-0.25, -0.2) is 8.78 Å². The molecule has 0 N–H and O–H groups in total. The number of halogens is 18. The van der Waals surface area contributed by atoms with E-state index in [2.05, 4.69) is 0 Å². The molecule has 0 saturated carbocycles. The van der Waals surface area contributed by atoms with Gasteiger partial charge in [-0.3, -0.25) is 0 Å². The first-order chi connectivity index (χ1) is 11.7.